The Kier molecular flexibility index (Phi) is 4.31. The molecule has 1 aromatic carbocycles. The molecule has 0 saturated heterocycles. The highest BCUT2D eigenvalue weighted by Crippen LogP contribution is 2.32. The molecule has 3 nitrogen and oxygen atoms in total. The second-order valence-electron chi connectivity index (χ2n) is 4.55. The molecule has 1 aliphatic carbocycles. The van der Waals surface area contributed by atoms with Crippen LogP contribution in [-0.4, -0.2) is 26.1 Å². The summed E-state index contributed by atoms with van der Waals surface area (Å²) in [6.07, 6.45) is 3.55. The van der Waals surface area contributed by atoms with E-state index in [1.807, 2.05) is 0 Å². The van der Waals surface area contributed by atoms with Crippen LogP contribution in [0.3, 0.4) is 0 Å². The van der Waals surface area contributed by atoms with Gasteiger partial charge in [0, 0.05) is 6.61 Å². The highest BCUT2D eigenvalue weighted by Gasteiger charge is 2.21. The summed E-state index contributed by atoms with van der Waals surface area (Å²) in [6.45, 7) is 0.570. The second kappa shape index (κ2) is 5.96. The molecule has 0 heterocycles. The van der Waals surface area contributed by atoms with Gasteiger partial charge >= 0.3 is 0 Å². The average Bonchev–Trinajstić information content (AvgIpc) is 3.18. The van der Waals surface area contributed by atoms with Gasteiger partial charge in [0.2, 0.25) is 0 Å². The molecule has 0 aliphatic heterocycles. The number of ether oxygens (including phenoxy) is 2. The van der Waals surface area contributed by atoms with Gasteiger partial charge in [0.25, 0.3) is 0 Å². The third kappa shape index (κ3) is 3.53. The minimum Gasteiger partial charge on any atom is -0.496 e. The number of carbonyl (C=O) groups is 1. The van der Waals surface area contributed by atoms with Crippen LogP contribution < -0.4 is 4.74 Å². The zero-order valence-corrected chi connectivity index (χ0v) is 10.4. The molecule has 0 N–H and O–H groups in total. The van der Waals surface area contributed by atoms with Crippen molar-refractivity contribution >= 4 is 5.78 Å². The first-order valence-corrected chi connectivity index (χ1v) is 6.15. The van der Waals surface area contributed by atoms with Gasteiger partial charge in [0.15, 0.2) is 5.78 Å². The highest BCUT2D eigenvalue weighted by molar-refractivity contribution is 5.99. The number of hydrogen-bond acceptors (Lipinski definition) is 3. The Morgan fingerprint density at radius 3 is 2.89 bits per heavy atom. The van der Waals surface area contributed by atoms with Gasteiger partial charge in [-0.3, -0.25) is 4.79 Å². The van der Waals surface area contributed by atoms with E-state index in [1.165, 1.54) is 38.2 Å². The summed E-state index contributed by atoms with van der Waals surface area (Å²) in [5.41, 5.74) is 0.240. The van der Waals surface area contributed by atoms with Crippen LogP contribution in [0.5, 0.6) is 5.75 Å². The van der Waals surface area contributed by atoms with E-state index < -0.39 is 5.82 Å². The lowest BCUT2D eigenvalue weighted by molar-refractivity contribution is 0.0745. The Morgan fingerprint density at radius 2 is 2.22 bits per heavy atom. The predicted octanol–water partition coefficient (Wildman–Crippen LogP) is 2.83. The quantitative estimate of drug-likeness (QED) is 0.553. The molecule has 18 heavy (non-hydrogen) atoms. The minimum absolute atomic E-state index is 0.0213. The maximum Gasteiger partial charge on any atom is 0.192 e. The Morgan fingerprint density at radius 1 is 1.44 bits per heavy atom. The molecule has 2 rings (SSSR count). The van der Waals surface area contributed by atoms with Gasteiger partial charge in [0.05, 0.1) is 12.7 Å². The number of methoxy groups -OCH3 is 1. The van der Waals surface area contributed by atoms with Crippen LogP contribution in [0.1, 0.15) is 29.6 Å². The van der Waals surface area contributed by atoms with E-state index in [2.05, 4.69) is 0 Å². The van der Waals surface area contributed by atoms with Gasteiger partial charge in [-0.2, -0.15) is 0 Å². The Hall–Kier alpha value is -1.42. The normalized spacial score (nSPS) is 14.6. The molecule has 4 heteroatoms. The van der Waals surface area contributed by atoms with E-state index >= 15 is 0 Å². The average molecular weight is 252 g/mol. The second-order valence-corrected chi connectivity index (χ2v) is 4.55. The number of benzene rings is 1. The van der Waals surface area contributed by atoms with Crippen LogP contribution >= 0.6 is 0 Å². The molecular formula is C14H17FO3. The van der Waals surface area contributed by atoms with Crippen LogP contribution in [0.4, 0.5) is 4.39 Å². The molecule has 0 radical (unpaired) electrons. The van der Waals surface area contributed by atoms with Crippen LogP contribution in [0.2, 0.25) is 0 Å². The Balaban J connectivity index is 1.88. The van der Waals surface area contributed by atoms with Gasteiger partial charge in [-0.1, -0.05) is 12.8 Å². The molecular weight excluding hydrogens is 235 g/mol. The zero-order chi connectivity index (χ0) is 13.0. The largest absolute Gasteiger partial charge is 0.496 e. The van der Waals surface area contributed by atoms with Gasteiger partial charge in [-0.15, -0.1) is 0 Å². The molecule has 0 aromatic heterocycles. The molecule has 1 fully saturated rings. The molecule has 1 saturated carbocycles. The first-order valence-electron chi connectivity index (χ1n) is 6.15. The van der Waals surface area contributed by atoms with E-state index in [0.29, 0.717) is 12.4 Å². The lowest BCUT2D eigenvalue weighted by Gasteiger charge is -2.08. The molecule has 0 spiro atoms. The fraction of sp³-hybridized carbons (Fsp3) is 0.500. The lowest BCUT2D eigenvalue weighted by atomic mass is 10.1. The molecule has 0 amide bonds. The summed E-state index contributed by atoms with van der Waals surface area (Å²) in [7, 11) is 1.46. The monoisotopic (exact) mass is 252 g/mol. The van der Waals surface area contributed by atoms with Gasteiger partial charge in [0.1, 0.15) is 18.2 Å². The summed E-state index contributed by atoms with van der Waals surface area (Å²) in [6, 6.07) is 3.90. The van der Waals surface area contributed by atoms with Gasteiger partial charge in [-0.05, 0) is 30.5 Å². The van der Waals surface area contributed by atoms with Crippen LogP contribution in [0.25, 0.3) is 0 Å². The third-order valence-corrected chi connectivity index (χ3v) is 3.06. The van der Waals surface area contributed by atoms with Crippen molar-refractivity contribution in [1.29, 1.82) is 0 Å². The SMILES string of the molecule is COc1ccc(F)cc1C(=O)COCCC1CC1. The molecule has 1 aromatic rings. The number of halogens is 1. The molecule has 98 valence electrons. The van der Waals surface area contributed by atoms with Crippen molar-refractivity contribution in [1.82, 2.24) is 0 Å². The highest BCUT2D eigenvalue weighted by atomic mass is 19.1. The maximum atomic E-state index is 13.1. The van der Waals surface area contributed by atoms with Crippen molar-refractivity contribution in [2.45, 2.75) is 19.3 Å². The Labute approximate surface area is 106 Å². The van der Waals surface area contributed by atoms with Crippen molar-refractivity contribution in [3.05, 3.63) is 29.6 Å². The number of Topliss-reactive ketones (excluding diaryl/α,β-unsaturated/α-hetero) is 1. The molecule has 0 atom stereocenters. The summed E-state index contributed by atoms with van der Waals surface area (Å²) < 4.78 is 23.4. The molecule has 0 bridgehead atoms. The zero-order valence-electron chi connectivity index (χ0n) is 10.4. The third-order valence-electron chi connectivity index (χ3n) is 3.06. The minimum atomic E-state index is -0.447. The van der Waals surface area contributed by atoms with E-state index in [1.54, 1.807) is 0 Å². The van der Waals surface area contributed by atoms with E-state index in [9.17, 15) is 9.18 Å². The number of carbonyl (C=O) groups excluding carboxylic acids is 1. The maximum absolute atomic E-state index is 13.1. The summed E-state index contributed by atoms with van der Waals surface area (Å²) in [5, 5.41) is 0. The fourth-order valence-corrected chi connectivity index (χ4v) is 1.80. The standard InChI is InChI=1S/C14H17FO3/c1-17-14-5-4-11(15)8-12(14)13(16)9-18-7-6-10-2-3-10/h4-5,8,10H,2-3,6-7,9H2,1H3. The number of rotatable bonds is 7. The van der Waals surface area contributed by atoms with Crippen molar-refractivity contribution in [3.63, 3.8) is 0 Å². The molecule has 0 unspecified atom stereocenters. The fourth-order valence-electron chi connectivity index (χ4n) is 1.80. The summed E-state index contributed by atoms with van der Waals surface area (Å²) >= 11 is 0. The Bertz CT molecular complexity index is 427. The lowest BCUT2D eigenvalue weighted by Crippen LogP contribution is -2.11. The van der Waals surface area contributed by atoms with Gasteiger partial charge < -0.3 is 9.47 Å². The van der Waals surface area contributed by atoms with E-state index in [-0.39, 0.29) is 18.0 Å². The van der Waals surface area contributed by atoms with Crippen molar-refractivity contribution < 1.29 is 18.7 Å². The van der Waals surface area contributed by atoms with Crippen LogP contribution in [0, 0.1) is 11.7 Å². The van der Waals surface area contributed by atoms with Crippen molar-refractivity contribution in [3.8, 4) is 5.75 Å². The predicted molar refractivity (Wildman–Crippen MR) is 65.4 cm³/mol. The van der Waals surface area contributed by atoms with Crippen molar-refractivity contribution in [2.24, 2.45) is 5.92 Å². The first-order chi connectivity index (χ1) is 8.70. The van der Waals surface area contributed by atoms with Gasteiger partial charge in [-0.25, -0.2) is 4.39 Å². The molecule has 1 aliphatic rings. The number of ketones is 1. The summed E-state index contributed by atoms with van der Waals surface area (Å²) in [5.74, 6) is 0.468. The van der Waals surface area contributed by atoms with Crippen molar-refractivity contribution in [2.75, 3.05) is 20.3 Å². The summed E-state index contributed by atoms with van der Waals surface area (Å²) in [4.78, 5) is 11.9. The topological polar surface area (TPSA) is 35.5 Å². The first kappa shape index (κ1) is 13.0. The smallest absolute Gasteiger partial charge is 0.192 e. The van der Waals surface area contributed by atoms with Crippen LogP contribution in [0.15, 0.2) is 18.2 Å². The van der Waals surface area contributed by atoms with E-state index in [4.69, 9.17) is 9.47 Å². The number of hydrogen-bond donors (Lipinski definition) is 0. The van der Waals surface area contributed by atoms with E-state index in [0.717, 1.165) is 12.3 Å². The van der Waals surface area contributed by atoms with Crippen LogP contribution in [-0.2, 0) is 4.74 Å².